The molecule has 226 valence electrons. The number of carbonyl (C=O) groups excluding carboxylic acids is 3. The van der Waals surface area contributed by atoms with Crippen LogP contribution in [0.1, 0.15) is 38.8 Å². The molecular formula is C30H38ClN5O6. The number of urea groups is 1. The van der Waals surface area contributed by atoms with Crippen molar-refractivity contribution in [3.63, 3.8) is 0 Å². The molecule has 0 aliphatic heterocycles. The number of hydrogen-bond acceptors (Lipinski definition) is 7. The smallest absolute Gasteiger partial charge is 0.338 e. The molecule has 0 fully saturated rings. The average Bonchev–Trinajstić information content (AvgIpc) is 2.98. The van der Waals surface area contributed by atoms with E-state index in [0.29, 0.717) is 18.2 Å². The average molecular weight is 600 g/mol. The van der Waals surface area contributed by atoms with Crippen molar-refractivity contribution < 1.29 is 28.7 Å². The van der Waals surface area contributed by atoms with Gasteiger partial charge in [0.05, 0.1) is 11.6 Å². The van der Waals surface area contributed by atoms with Gasteiger partial charge in [0.1, 0.15) is 6.04 Å². The summed E-state index contributed by atoms with van der Waals surface area (Å²) in [4.78, 5) is 49.5. The number of ether oxygens (including phenoxy) is 2. The minimum atomic E-state index is -0.908. The van der Waals surface area contributed by atoms with Crippen LogP contribution in [0, 0.1) is 0 Å². The molecule has 2 atom stereocenters. The van der Waals surface area contributed by atoms with E-state index >= 15 is 0 Å². The van der Waals surface area contributed by atoms with E-state index < -0.39 is 36.9 Å². The van der Waals surface area contributed by atoms with Crippen molar-refractivity contribution >= 4 is 40.3 Å². The van der Waals surface area contributed by atoms with E-state index in [0.717, 1.165) is 22.0 Å². The summed E-state index contributed by atoms with van der Waals surface area (Å²) in [6.07, 6.45) is 1.04. The molecule has 3 aromatic rings. The Morgan fingerprint density at radius 3 is 2.36 bits per heavy atom. The summed E-state index contributed by atoms with van der Waals surface area (Å²) in [6.45, 7) is 7.91. The van der Waals surface area contributed by atoms with E-state index in [4.69, 9.17) is 25.9 Å². The molecule has 0 bridgehead atoms. The predicted molar refractivity (Wildman–Crippen MR) is 159 cm³/mol. The number of halogens is 1. The fraction of sp³-hybridized carbons (Fsp3) is 0.400. The van der Waals surface area contributed by atoms with E-state index in [1.807, 2.05) is 51.1 Å². The number of hydrogen-bond donors (Lipinski definition) is 3. The number of carbonyl (C=O) groups is 3. The highest BCUT2D eigenvalue weighted by atomic mass is 35.5. The molecule has 1 heterocycles. The molecule has 0 spiro atoms. The third kappa shape index (κ3) is 9.66. The van der Waals surface area contributed by atoms with Crippen LogP contribution in [0.5, 0.6) is 0 Å². The van der Waals surface area contributed by atoms with E-state index in [9.17, 15) is 14.4 Å². The van der Waals surface area contributed by atoms with Gasteiger partial charge in [-0.25, -0.2) is 10.3 Å². The van der Waals surface area contributed by atoms with Crippen LogP contribution in [-0.4, -0.2) is 65.9 Å². The zero-order valence-electron chi connectivity index (χ0n) is 24.3. The highest BCUT2D eigenvalue weighted by molar-refractivity contribution is 6.30. The van der Waals surface area contributed by atoms with Crippen LogP contribution in [0.3, 0.4) is 0 Å². The molecule has 2 aromatic carbocycles. The molecular weight excluding hydrogens is 562 g/mol. The first-order valence-corrected chi connectivity index (χ1v) is 14.2. The summed E-state index contributed by atoms with van der Waals surface area (Å²) >= 11 is 5.86. The predicted octanol–water partition coefficient (Wildman–Crippen LogP) is 3.94. The molecule has 11 nitrogen and oxygen atoms in total. The van der Waals surface area contributed by atoms with Gasteiger partial charge in [-0.3, -0.25) is 19.4 Å². The van der Waals surface area contributed by atoms with Crippen molar-refractivity contribution in [2.75, 3.05) is 19.8 Å². The second-order valence-electron chi connectivity index (χ2n) is 9.47. The number of aromatic nitrogens is 1. The lowest BCUT2D eigenvalue weighted by Gasteiger charge is -2.36. The summed E-state index contributed by atoms with van der Waals surface area (Å²) in [5.74, 6) is -0.929. The lowest BCUT2D eigenvalue weighted by atomic mass is 10.1. The van der Waals surface area contributed by atoms with Crippen LogP contribution in [-0.2, 0) is 37.0 Å². The molecule has 0 radical (unpaired) electrons. The Labute approximate surface area is 250 Å². The molecule has 3 rings (SSSR count). The number of fused-ring (bicyclic) bond motifs is 1. The van der Waals surface area contributed by atoms with Gasteiger partial charge in [0.25, 0.3) is 0 Å². The lowest BCUT2D eigenvalue weighted by Crippen LogP contribution is -2.54. The summed E-state index contributed by atoms with van der Waals surface area (Å²) < 4.78 is 11.6. The van der Waals surface area contributed by atoms with Gasteiger partial charge < -0.3 is 25.0 Å². The molecule has 0 saturated heterocycles. The van der Waals surface area contributed by atoms with Crippen LogP contribution >= 0.6 is 11.6 Å². The van der Waals surface area contributed by atoms with Gasteiger partial charge in [-0.05, 0) is 57.0 Å². The lowest BCUT2D eigenvalue weighted by molar-refractivity contribution is -0.179. The number of amides is 4. The Kier molecular flexibility index (Phi) is 13.0. The summed E-state index contributed by atoms with van der Waals surface area (Å²) in [5.41, 5.74) is 4.62. The standard InChI is InChI=1S/C30H38ClN5O6/c1-5-40-29(41-6-2)21(4)36(18-24-10-7-9-23-11-8-16-32-27(23)24)28(38)20(3)34-26(37)19-42-35-30(39)33-17-22-12-14-25(31)15-13-22/h7-16,20-21,29H,5-6,17-19H2,1-4H3,(H,34,37)(H2,33,35,39)/t20-,21-/m0/s1. The SMILES string of the molecule is CCOC(OCC)[C@H](C)N(Cc1cccc2cccnc12)C(=O)[C@H](C)NC(=O)CONC(=O)NCc1ccc(Cl)cc1. The maximum absolute atomic E-state index is 13.7. The van der Waals surface area contributed by atoms with E-state index in [2.05, 4.69) is 21.1 Å². The third-order valence-electron chi connectivity index (χ3n) is 6.37. The third-order valence-corrected chi connectivity index (χ3v) is 6.62. The zero-order valence-corrected chi connectivity index (χ0v) is 25.0. The van der Waals surface area contributed by atoms with Gasteiger partial charge in [-0.15, -0.1) is 0 Å². The molecule has 1 aromatic heterocycles. The second kappa shape index (κ2) is 16.6. The van der Waals surface area contributed by atoms with Crippen LogP contribution in [0.4, 0.5) is 4.79 Å². The van der Waals surface area contributed by atoms with Crippen molar-refractivity contribution in [2.24, 2.45) is 0 Å². The number of para-hydroxylation sites is 1. The molecule has 3 N–H and O–H groups in total. The second-order valence-corrected chi connectivity index (χ2v) is 9.90. The number of nitrogens with zero attached hydrogens (tertiary/aromatic N) is 2. The van der Waals surface area contributed by atoms with Crippen molar-refractivity contribution in [3.05, 3.63) is 76.9 Å². The van der Waals surface area contributed by atoms with Crippen LogP contribution in [0.2, 0.25) is 5.02 Å². The topological polar surface area (TPSA) is 131 Å². The first kappa shape index (κ1) is 32.7. The molecule has 12 heteroatoms. The Bertz CT molecular complexity index is 1310. The molecule has 0 aliphatic rings. The van der Waals surface area contributed by atoms with Crippen LogP contribution < -0.4 is 16.1 Å². The van der Waals surface area contributed by atoms with Gasteiger partial charge >= 0.3 is 6.03 Å². The van der Waals surface area contributed by atoms with Crippen molar-refractivity contribution in [1.82, 2.24) is 26.0 Å². The Balaban J connectivity index is 1.61. The quantitative estimate of drug-likeness (QED) is 0.178. The fourth-order valence-electron chi connectivity index (χ4n) is 4.28. The first-order valence-electron chi connectivity index (χ1n) is 13.8. The van der Waals surface area contributed by atoms with Crippen molar-refractivity contribution in [3.8, 4) is 0 Å². The Hall–Kier alpha value is -3.77. The van der Waals surface area contributed by atoms with Crippen LogP contribution in [0.15, 0.2) is 60.8 Å². The number of nitrogens with one attached hydrogen (secondary N) is 3. The monoisotopic (exact) mass is 599 g/mol. The number of rotatable bonds is 15. The highest BCUT2D eigenvalue weighted by Gasteiger charge is 2.32. The van der Waals surface area contributed by atoms with E-state index in [1.54, 1.807) is 42.3 Å². The minimum absolute atomic E-state index is 0.219. The number of pyridine rings is 1. The van der Waals surface area contributed by atoms with Gasteiger partial charge in [-0.1, -0.05) is 48.0 Å². The van der Waals surface area contributed by atoms with Gasteiger partial charge in [0, 0.05) is 42.9 Å². The van der Waals surface area contributed by atoms with Crippen molar-refractivity contribution in [1.29, 1.82) is 0 Å². The normalized spacial score (nSPS) is 12.5. The number of hydroxylamine groups is 1. The van der Waals surface area contributed by atoms with Gasteiger partial charge in [-0.2, -0.15) is 0 Å². The maximum atomic E-state index is 13.7. The van der Waals surface area contributed by atoms with E-state index in [-0.39, 0.29) is 19.0 Å². The van der Waals surface area contributed by atoms with Gasteiger partial charge in [0.15, 0.2) is 12.9 Å². The molecule has 4 amide bonds. The van der Waals surface area contributed by atoms with E-state index in [1.165, 1.54) is 0 Å². The minimum Gasteiger partial charge on any atom is -0.351 e. The Morgan fingerprint density at radius 1 is 0.976 bits per heavy atom. The van der Waals surface area contributed by atoms with Gasteiger partial charge in [0.2, 0.25) is 11.8 Å². The molecule has 0 aliphatic carbocycles. The number of benzene rings is 2. The Morgan fingerprint density at radius 2 is 1.67 bits per heavy atom. The van der Waals surface area contributed by atoms with Crippen molar-refractivity contribution in [2.45, 2.75) is 59.2 Å². The molecule has 42 heavy (non-hydrogen) atoms. The zero-order chi connectivity index (χ0) is 30.5. The first-order chi connectivity index (χ1) is 20.2. The summed E-state index contributed by atoms with van der Waals surface area (Å²) in [5, 5.41) is 6.79. The summed E-state index contributed by atoms with van der Waals surface area (Å²) in [6, 6.07) is 14.6. The maximum Gasteiger partial charge on any atom is 0.338 e. The largest absolute Gasteiger partial charge is 0.351 e. The molecule has 0 saturated carbocycles. The highest BCUT2D eigenvalue weighted by Crippen LogP contribution is 2.21. The molecule has 0 unspecified atom stereocenters. The summed E-state index contributed by atoms with van der Waals surface area (Å²) in [7, 11) is 0. The fourth-order valence-corrected chi connectivity index (χ4v) is 4.41. The van der Waals surface area contributed by atoms with Crippen LogP contribution in [0.25, 0.3) is 10.9 Å².